The highest BCUT2D eigenvalue weighted by Gasteiger charge is 2.22. The minimum atomic E-state index is 0.329. The van der Waals surface area contributed by atoms with Crippen molar-refractivity contribution < 1.29 is 4.74 Å². The van der Waals surface area contributed by atoms with Gasteiger partial charge in [0.15, 0.2) is 0 Å². The molecule has 3 nitrogen and oxygen atoms in total. The summed E-state index contributed by atoms with van der Waals surface area (Å²) >= 11 is 0. The van der Waals surface area contributed by atoms with Gasteiger partial charge in [0.05, 0.1) is 7.11 Å². The van der Waals surface area contributed by atoms with Gasteiger partial charge in [0, 0.05) is 18.2 Å². The summed E-state index contributed by atoms with van der Waals surface area (Å²) in [5.41, 5.74) is 8.58. The Bertz CT molecular complexity index is 409. The second kappa shape index (κ2) is 6.40. The summed E-state index contributed by atoms with van der Waals surface area (Å²) in [7, 11) is 1.75. The highest BCUT2D eigenvalue weighted by atomic mass is 16.5. The monoisotopic (exact) mass is 262 g/mol. The van der Waals surface area contributed by atoms with Crippen molar-refractivity contribution in [2.24, 2.45) is 11.7 Å². The van der Waals surface area contributed by atoms with Gasteiger partial charge in [-0.1, -0.05) is 17.7 Å². The number of hydrogen-bond donors (Lipinski definition) is 1. The van der Waals surface area contributed by atoms with E-state index in [-0.39, 0.29) is 0 Å². The minimum absolute atomic E-state index is 0.329. The van der Waals surface area contributed by atoms with E-state index in [1.54, 1.807) is 7.11 Å². The van der Waals surface area contributed by atoms with Crippen LogP contribution in [-0.4, -0.2) is 31.1 Å². The maximum atomic E-state index is 5.99. The first-order valence-corrected chi connectivity index (χ1v) is 7.21. The number of methoxy groups -OCH3 is 1. The Hall–Kier alpha value is -1.06. The highest BCUT2D eigenvalue weighted by molar-refractivity contribution is 5.36. The Balaban J connectivity index is 1.97. The van der Waals surface area contributed by atoms with Crippen LogP contribution in [0.1, 0.15) is 30.9 Å². The molecule has 2 rings (SSSR count). The molecule has 1 aliphatic heterocycles. The van der Waals surface area contributed by atoms with E-state index in [1.165, 1.54) is 24.0 Å². The Kier molecular flexibility index (Phi) is 4.83. The number of aryl methyl sites for hydroxylation is 1. The van der Waals surface area contributed by atoms with Gasteiger partial charge >= 0.3 is 0 Å². The van der Waals surface area contributed by atoms with Gasteiger partial charge in [0.25, 0.3) is 0 Å². The summed E-state index contributed by atoms with van der Waals surface area (Å²) < 4.78 is 5.45. The van der Waals surface area contributed by atoms with Gasteiger partial charge in [-0.25, -0.2) is 0 Å². The molecular formula is C16H26N2O. The van der Waals surface area contributed by atoms with Crippen LogP contribution in [0.5, 0.6) is 5.75 Å². The van der Waals surface area contributed by atoms with Crippen LogP contribution in [-0.2, 0) is 6.54 Å². The number of benzene rings is 1. The molecule has 1 fully saturated rings. The third-order valence-corrected chi connectivity index (χ3v) is 4.21. The fraction of sp³-hybridized carbons (Fsp3) is 0.625. The molecule has 106 valence electrons. The van der Waals surface area contributed by atoms with Crippen molar-refractivity contribution in [2.45, 2.75) is 39.3 Å². The molecule has 3 heteroatoms. The molecule has 0 bridgehead atoms. The fourth-order valence-electron chi connectivity index (χ4n) is 2.91. The van der Waals surface area contributed by atoms with Crippen LogP contribution in [0.25, 0.3) is 0 Å². The molecule has 1 aromatic carbocycles. The maximum absolute atomic E-state index is 5.99. The lowest BCUT2D eigenvalue weighted by atomic mass is 9.91. The predicted molar refractivity (Wildman–Crippen MR) is 79.4 cm³/mol. The molecular weight excluding hydrogens is 236 g/mol. The molecule has 0 spiro atoms. The van der Waals surface area contributed by atoms with E-state index in [1.807, 2.05) is 0 Å². The largest absolute Gasteiger partial charge is 0.496 e. The van der Waals surface area contributed by atoms with Gasteiger partial charge in [-0.05, 0) is 51.8 Å². The molecule has 1 aromatic rings. The minimum Gasteiger partial charge on any atom is -0.496 e. The zero-order valence-corrected chi connectivity index (χ0v) is 12.4. The van der Waals surface area contributed by atoms with Crippen LogP contribution in [0.3, 0.4) is 0 Å². The van der Waals surface area contributed by atoms with Crippen molar-refractivity contribution in [1.29, 1.82) is 0 Å². The average Bonchev–Trinajstić information content (AvgIpc) is 2.39. The van der Waals surface area contributed by atoms with Crippen molar-refractivity contribution >= 4 is 0 Å². The average molecular weight is 262 g/mol. The smallest absolute Gasteiger partial charge is 0.123 e. The van der Waals surface area contributed by atoms with E-state index < -0.39 is 0 Å². The second-order valence-electron chi connectivity index (χ2n) is 5.79. The number of likely N-dealkylation sites (tertiary alicyclic amines) is 1. The predicted octanol–water partition coefficient (Wildman–Crippen LogP) is 2.56. The number of nitrogens with zero attached hydrogens (tertiary/aromatic N) is 1. The van der Waals surface area contributed by atoms with E-state index in [2.05, 4.69) is 36.9 Å². The lowest BCUT2D eigenvalue weighted by Crippen LogP contribution is -2.39. The van der Waals surface area contributed by atoms with Crippen LogP contribution >= 0.6 is 0 Å². The third-order valence-electron chi connectivity index (χ3n) is 4.21. The number of nitrogens with two attached hydrogens (primary N) is 1. The molecule has 0 saturated carbocycles. The molecule has 2 N–H and O–H groups in total. The zero-order chi connectivity index (χ0) is 13.8. The molecule has 1 unspecified atom stereocenters. The first-order valence-electron chi connectivity index (χ1n) is 7.21. The van der Waals surface area contributed by atoms with Crippen molar-refractivity contribution in [3.63, 3.8) is 0 Å². The van der Waals surface area contributed by atoms with Crippen LogP contribution in [0.4, 0.5) is 0 Å². The Morgan fingerprint density at radius 2 is 2.05 bits per heavy atom. The van der Waals surface area contributed by atoms with Crippen molar-refractivity contribution in [2.75, 3.05) is 20.2 Å². The van der Waals surface area contributed by atoms with Crippen LogP contribution < -0.4 is 10.5 Å². The molecule has 1 heterocycles. The third kappa shape index (κ3) is 3.71. The molecule has 19 heavy (non-hydrogen) atoms. The molecule has 0 radical (unpaired) electrons. The van der Waals surface area contributed by atoms with Crippen LogP contribution in [0.15, 0.2) is 18.2 Å². The molecule has 1 saturated heterocycles. The van der Waals surface area contributed by atoms with Crippen LogP contribution in [0, 0.1) is 12.8 Å². The molecule has 1 aliphatic rings. The van der Waals surface area contributed by atoms with E-state index in [0.29, 0.717) is 12.0 Å². The molecule has 0 aromatic heterocycles. The summed E-state index contributed by atoms with van der Waals surface area (Å²) in [4.78, 5) is 2.51. The number of piperidine rings is 1. The van der Waals surface area contributed by atoms with Gasteiger partial charge in [-0.3, -0.25) is 4.90 Å². The Labute approximate surface area is 116 Å². The summed E-state index contributed by atoms with van der Waals surface area (Å²) in [6.07, 6.45) is 2.43. The maximum Gasteiger partial charge on any atom is 0.123 e. The summed E-state index contributed by atoms with van der Waals surface area (Å²) in [5, 5.41) is 0. The van der Waals surface area contributed by atoms with E-state index >= 15 is 0 Å². The first-order chi connectivity index (χ1) is 9.10. The van der Waals surface area contributed by atoms with E-state index in [0.717, 1.165) is 25.4 Å². The summed E-state index contributed by atoms with van der Waals surface area (Å²) in [6.45, 7) is 7.53. The SMILES string of the molecule is COc1ccc(C)cc1CN1CCC(C(C)N)CC1. The summed E-state index contributed by atoms with van der Waals surface area (Å²) in [5.74, 6) is 1.69. The number of rotatable bonds is 4. The van der Waals surface area contributed by atoms with Gasteiger partial charge in [0.1, 0.15) is 5.75 Å². The number of hydrogen-bond acceptors (Lipinski definition) is 3. The normalized spacial score (nSPS) is 19.4. The van der Waals surface area contributed by atoms with Crippen molar-refractivity contribution in [3.05, 3.63) is 29.3 Å². The fourth-order valence-corrected chi connectivity index (χ4v) is 2.91. The second-order valence-corrected chi connectivity index (χ2v) is 5.79. The standard InChI is InChI=1S/C16H26N2O/c1-12-4-5-16(19-3)15(10-12)11-18-8-6-14(7-9-18)13(2)17/h4-5,10,13-14H,6-9,11,17H2,1-3H3. The quantitative estimate of drug-likeness (QED) is 0.906. The zero-order valence-electron chi connectivity index (χ0n) is 12.4. The Morgan fingerprint density at radius 3 is 2.63 bits per heavy atom. The molecule has 0 amide bonds. The van der Waals surface area contributed by atoms with Crippen LogP contribution in [0.2, 0.25) is 0 Å². The topological polar surface area (TPSA) is 38.5 Å². The number of ether oxygens (including phenoxy) is 1. The Morgan fingerprint density at radius 1 is 1.37 bits per heavy atom. The van der Waals surface area contributed by atoms with E-state index in [4.69, 9.17) is 10.5 Å². The molecule has 0 aliphatic carbocycles. The van der Waals surface area contributed by atoms with Gasteiger partial charge in [-0.2, -0.15) is 0 Å². The lowest BCUT2D eigenvalue weighted by molar-refractivity contribution is 0.164. The van der Waals surface area contributed by atoms with Gasteiger partial charge in [0.2, 0.25) is 0 Å². The van der Waals surface area contributed by atoms with Crippen molar-refractivity contribution in [3.8, 4) is 5.75 Å². The molecule has 1 atom stereocenters. The highest BCUT2D eigenvalue weighted by Crippen LogP contribution is 2.25. The summed E-state index contributed by atoms with van der Waals surface area (Å²) in [6, 6.07) is 6.73. The lowest BCUT2D eigenvalue weighted by Gasteiger charge is -2.34. The van der Waals surface area contributed by atoms with E-state index in [9.17, 15) is 0 Å². The van der Waals surface area contributed by atoms with Crippen molar-refractivity contribution in [1.82, 2.24) is 4.90 Å². The first kappa shape index (κ1) is 14.4. The van der Waals surface area contributed by atoms with Gasteiger partial charge < -0.3 is 10.5 Å². The van der Waals surface area contributed by atoms with Gasteiger partial charge in [-0.15, -0.1) is 0 Å².